The van der Waals surface area contributed by atoms with Gasteiger partial charge in [0.05, 0.1) is 11.1 Å². The molecule has 1 N–H and O–H groups in total. The van der Waals surface area contributed by atoms with Gasteiger partial charge in [-0.05, 0) is 12.6 Å². The number of nitrogens with one attached hydrogen (secondary N) is 1. The fourth-order valence-electron chi connectivity index (χ4n) is 1.30. The third kappa shape index (κ3) is 2.34. The molecule has 0 saturated heterocycles. The Morgan fingerprint density at radius 3 is 2.93 bits per heavy atom. The normalized spacial score (nSPS) is 12.5. The largest absolute Gasteiger partial charge is 0.307 e. The molecule has 0 heterocycles. The lowest BCUT2D eigenvalue weighted by atomic mass is 10.1. The average Bonchev–Trinajstić information content (AvgIpc) is 2.19. The second-order valence-electron chi connectivity index (χ2n) is 2.91. The Bertz CT molecular complexity index is 325. The molecule has 1 nitrogen and oxygen atoms in total. The summed E-state index contributed by atoms with van der Waals surface area (Å²) in [7, 11) is 0. The highest BCUT2D eigenvalue weighted by Gasteiger charge is 2.12. The fourth-order valence-corrected chi connectivity index (χ4v) is 1.48. The molecule has 0 aliphatic carbocycles. The molecule has 1 aromatic carbocycles. The maximum atomic E-state index is 13.5. The van der Waals surface area contributed by atoms with Crippen molar-refractivity contribution in [3.8, 4) is 0 Å². The zero-order chi connectivity index (χ0) is 10.6. The SMILES string of the molecule is C=CC(NCC)c1cccc(Cl)c1F. The minimum atomic E-state index is -0.375. The number of benzene rings is 1. The van der Waals surface area contributed by atoms with E-state index in [-0.39, 0.29) is 16.9 Å². The van der Waals surface area contributed by atoms with Crippen molar-refractivity contribution < 1.29 is 4.39 Å². The Morgan fingerprint density at radius 2 is 2.36 bits per heavy atom. The summed E-state index contributed by atoms with van der Waals surface area (Å²) in [6, 6.07) is 4.79. The molecule has 14 heavy (non-hydrogen) atoms. The molecule has 0 aliphatic rings. The van der Waals surface area contributed by atoms with E-state index in [9.17, 15) is 4.39 Å². The standard InChI is InChI=1S/C11H13ClFN/c1-3-10(14-4-2)8-6-5-7-9(12)11(8)13/h3,5-7,10,14H,1,4H2,2H3. The average molecular weight is 214 g/mol. The molecule has 0 spiro atoms. The molecule has 0 radical (unpaired) electrons. The molecule has 1 atom stereocenters. The zero-order valence-electron chi connectivity index (χ0n) is 8.06. The molecule has 3 heteroatoms. The van der Waals surface area contributed by atoms with Gasteiger partial charge in [-0.15, -0.1) is 6.58 Å². The lowest BCUT2D eigenvalue weighted by Crippen LogP contribution is -2.19. The van der Waals surface area contributed by atoms with E-state index in [0.29, 0.717) is 5.56 Å². The number of halogens is 2. The number of rotatable bonds is 4. The van der Waals surface area contributed by atoms with Crippen LogP contribution in [0.2, 0.25) is 5.02 Å². The highest BCUT2D eigenvalue weighted by molar-refractivity contribution is 6.30. The first-order chi connectivity index (χ1) is 6.70. The third-order valence-corrected chi connectivity index (χ3v) is 2.27. The summed E-state index contributed by atoms with van der Waals surface area (Å²) in [4.78, 5) is 0. The van der Waals surface area contributed by atoms with Crippen LogP contribution in [0, 0.1) is 5.82 Å². The monoisotopic (exact) mass is 213 g/mol. The van der Waals surface area contributed by atoms with Crippen molar-refractivity contribution in [2.75, 3.05) is 6.54 Å². The first kappa shape index (κ1) is 11.2. The van der Waals surface area contributed by atoms with Gasteiger partial charge in [0.2, 0.25) is 0 Å². The second kappa shape index (κ2) is 5.13. The van der Waals surface area contributed by atoms with E-state index in [2.05, 4.69) is 11.9 Å². The molecule has 0 bridgehead atoms. The van der Waals surface area contributed by atoms with Crippen LogP contribution in [0.1, 0.15) is 18.5 Å². The number of hydrogen-bond acceptors (Lipinski definition) is 1. The Labute approximate surface area is 88.6 Å². The van der Waals surface area contributed by atoms with Crippen LogP contribution in [0.5, 0.6) is 0 Å². The van der Waals surface area contributed by atoms with Gasteiger partial charge in [-0.2, -0.15) is 0 Å². The summed E-state index contributed by atoms with van der Waals surface area (Å²) in [5.41, 5.74) is 0.536. The summed E-state index contributed by atoms with van der Waals surface area (Å²) < 4.78 is 13.5. The van der Waals surface area contributed by atoms with Gasteiger partial charge in [0, 0.05) is 5.56 Å². The third-order valence-electron chi connectivity index (χ3n) is 1.98. The van der Waals surface area contributed by atoms with Crippen LogP contribution in [0.15, 0.2) is 30.9 Å². The van der Waals surface area contributed by atoms with Gasteiger partial charge in [0.15, 0.2) is 0 Å². The maximum absolute atomic E-state index is 13.5. The molecule has 1 aromatic rings. The quantitative estimate of drug-likeness (QED) is 0.757. The van der Waals surface area contributed by atoms with Crippen LogP contribution >= 0.6 is 11.6 Å². The van der Waals surface area contributed by atoms with Crippen LogP contribution in [0.3, 0.4) is 0 Å². The maximum Gasteiger partial charge on any atom is 0.146 e. The first-order valence-electron chi connectivity index (χ1n) is 4.50. The van der Waals surface area contributed by atoms with Gasteiger partial charge in [-0.1, -0.05) is 36.7 Å². The highest BCUT2D eigenvalue weighted by atomic mass is 35.5. The van der Waals surface area contributed by atoms with Gasteiger partial charge in [-0.3, -0.25) is 0 Å². The van der Waals surface area contributed by atoms with Crippen LogP contribution in [-0.2, 0) is 0 Å². The minimum absolute atomic E-state index is 0.146. The van der Waals surface area contributed by atoms with Crippen LogP contribution in [0.4, 0.5) is 4.39 Å². The summed E-state index contributed by atoms with van der Waals surface area (Å²) in [6.07, 6.45) is 1.66. The van der Waals surface area contributed by atoms with Crippen molar-refractivity contribution in [2.45, 2.75) is 13.0 Å². The van der Waals surface area contributed by atoms with Crippen molar-refractivity contribution in [2.24, 2.45) is 0 Å². The molecule has 0 fully saturated rings. The van der Waals surface area contributed by atoms with E-state index in [1.54, 1.807) is 18.2 Å². The molecule has 76 valence electrons. The van der Waals surface area contributed by atoms with Gasteiger partial charge >= 0.3 is 0 Å². The predicted octanol–water partition coefficient (Wildman–Crippen LogP) is 3.32. The lowest BCUT2D eigenvalue weighted by Gasteiger charge is -2.14. The molecule has 0 aromatic heterocycles. The summed E-state index contributed by atoms with van der Waals surface area (Å²) in [6.45, 7) is 6.36. The van der Waals surface area contributed by atoms with Crippen LogP contribution in [0.25, 0.3) is 0 Å². The Kier molecular flexibility index (Phi) is 4.11. The van der Waals surface area contributed by atoms with Crippen LogP contribution in [-0.4, -0.2) is 6.54 Å². The lowest BCUT2D eigenvalue weighted by molar-refractivity contribution is 0.567. The van der Waals surface area contributed by atoms with Crippen LogP contribution < -0.4 is 5.32 Å². The smallest absolute Gasteiger partial charge is 0.146 e. The molecule has 0 saturated carbocycles. The Hall–Kier alpha value is -0.860. The van der Waals surface area contributed by atoms with E-state index < -0.39 is 0 Å². The van der Waals surface area contributed by atoms with Crippen molar-refractivity contribution in [3.05, 3.63) is 47.3 Å². The summed E-state index contributed by atoms with van der Waals surface area (Å²) in [5, 5.41) is 3.25. The molecular formula is C11H13ClFN. The van der Waals surface area contributed by atoms with E-state index in [0.717, 1.165) is 6.54 Å². The topological polar surface area (TPSA) is 12.0 Å². The van der Waals surface area contributed by atoms with Gasteiger partial charge in [0.25, 0.3) is 0 Å². The van der Waals surface area contributed by atoms with Crippen molar-refractivity contribution >= 4 is 11.6 Å². The van der Waals surface area contributed by atoms with Gasteiger partial charge in [-0.25, -0.2) is 4.39 Å². The first-order valence-corrected chi connectivity index (χ1v) is 4.88. The molecular weight excluding hydrogens is 201 g/mol. The van der Waals surface area contributed by atoms with Crippen molar-refractivity contribution in [3.63, 3.8) is 0 Å². The van der Waals surface area contributed by atoms with E-state index >= 15 is 0 Å². The number of hydrogen-bond donors (Lipinski definition) is 1. The zero-order valence-corrected chi connectivity index (χ0v) is 8.81. The molecule has 1 unspecified atom stereocenters. The predicted molar refractivity (Wildman–Crippen MR) is 58.0 cm³/mol. The molecule has 0 amide bonds. The minimum Gasteiger partial charge on any atom is -0.307 e. The second-order valence-corrected chi connectivity index (χ2v) is 3.32. The molecule has 0 aliphatic heterocycles. The highest BCUT2D eigenvalue weighted by Crippen LogP contribution is 2.23. The van der Waals surface area contributed by atoms with Gasteiger partial charge in [0.1, 0.15) is 5.82 Å². The van der Waals surface area contributed by atoms with E-state index in [1.165, 1.54) is 6.07 Å². The van der Waals surface area contributed by atoms with E-state index in [4.69, 9.17) is 11.6 Å². The van der Waals surface area contributed by atoms with Crippen molar-refractivity contribution in [1.29, 1.82) is 0 Å². The van der Waals surface area contributed by atoms with E-state index in [1.807, 2.05) is 6.92 Å². The van der Waals surface area contributed by atoms with Gasteiger partial charge < -0.3 is 5.32 Å². The number of likely N-dealkylation sites (N-methyl/N-ethyl adjacent to an activating group) is 1. The Morgan fingerprint density at radius 1 is 1.64 bits per heavy atom. The Balaban J connectivity index is 3.03. The summed E-state index contributed by atoms with van der Waals surface area (Å²) in [5.74, 6) is -0.375. The van der Waals surface area contributed by atoms with Crippen molar-refractivity contribution in [1.82, 2.24) is 5.32 Å². The fraction of sp³-hybridized carbons (Fsp3) is 0.273. The molecule has 1 rings (SSSR count). The summed E-state index contributed by atoms with van der Waals surface area (Å²) >= 11 is 5.68.